The van der Waals surface area contributed by atoms with E-state index in [4.69, 9.17) is 5.26 Å². The van der Waals surface area contributed by atoms with Gasteiger partial charge < -0.3 is 0 Å². The Morgan fingerprint density at radius 2 is 2.19 bits per heavy atom. The molecule has 0 aliphatic rings. The third-order valence-electron chi connectivity index (χ3n) is 2.16. The number of aryl methyl sites for hydroxylation is 2. The average molecular weight is 258 g/mol. The molecule has 6 heteroatoms. The SMILES string of the molecule is Cc1cc(C(C)NS(=O)(=O)CC#N)c(C)s1. The monoisotopic (exact) mass is 258 g/mol. The van der Waals surface area contributed by atoms with Crippen LogP contribution in [-0.2, 0) is 10.0 Å². The van der Waals surface area contributed by atoms with Crippen molar-refractivity contribution >= 4 is 21.4 Å². The van der Waals surface area contributed by atoms with E-state index in [2.05, 4.69) is 4.72 Å². The molecule has 88 valence electrons. The fourth-order valence-electron chi connectivity index (χ4n) is 1.54. The van der Waals surface area contributed by atoms with Gasteiger partial charge in [0.15, 0.2) is 5.75 Å². The second-order valence-corrected chi connectivity index (χ2v) is 6.84. The highest BCUT2D eigenvalue weighted by molar-refractivity contribution is 7.89. The van der Waals surface area contributed by atoms with Crippen molar-refractivity contribution < 1.29 is 8.42 Å². The molecule has 1 aromatic rings. The maximum atomic E-state index is 11.4. The van der Waals surface area contributed by atoms with Crippen molar-refractivity contribution in [2.75, 3.05) is 5.75 Å². The summed E-state index contributed by atoms with van der Waals surface area (Å²) >= 11 is 1.64. The average Bonchev–Trinajstić information content (AvgIpc) is 2.44. The van der Waals surface area contributed by atoms with Gasteiger partial charge in [0.05, 0.1) is 6.07 Å². The molecular formula is C10H14N2O2S2. The molecule has 0 radical (unpaired) electrons. The molecule has 0 spiro atoms. The first-order valence-electron chi connectivity index (χ1n) is 4.79. The summed E-state index contributed by atoms with van der Waals surface area (Å²) in [5, 5.41) is 8.38. The van der Waals surface area contributed by atoms with Crippen molar-refractivity contribution in [1.29, 1.82) is 5.26 Å². The molecular weight excluding hydrogens is 244 g/mol. The highest BCUT2D eigenvalue weighted by atomic mass is 32.2. The molecule has 1 atom stereocenters. The lowest BCUT2D eigenvalue weighted by Crippen LogP contribution is -2.28. The summed E-state index contributed by atoms with van der Waals surface area (Å²) in [6.07, 6.45) is 0. The first-order valence-corrected chi connectivity index (χ1v) is 7.26. The van der Waals surface area contributed by atoms with E-state index < -0.39 is 15.8 Å². The van der Waals surface area contributed by atoms with Crippen molar-refractivity contribution in [3.05, 3.63) is 21.4 Å². The van der Waals surface area contributed by atoms with Crippen LogP contribution in [0.25, 0.3) is 0 Å². The molecule has 1 rings (SSSR count). The molecule has 0 amide bonds. The van der Waals surface area contributed by atoms with Gasteiger partial charge in [-0.1, -0.05) is 0 Å². The number of hydrogen-bond donors (Lipinski definition) is 1. The van der Waals surface area contributed by atoms with Crippen molar-refractivity contribution in [1.82, 2.24) is 4.72 Å². The summed E-state index contributed by atoms with van der Waals surface area (Å²) < 4.78 is 25.3. The van der Waals surface area contributed by atoms with E-state index in [-0.39, 0.29) is 6.04 Å². The van der Waals surface area contributed by atoms with Gasteiger partial charge in [-0.3, -0.25) is 0 Å². The predicted molar refractivity (Wildman–Crippen MR) is 64.7 cm³/mol. The second kappa shape index (κ2) is 4.95. The first kappa shape index (κ1) is 13.2. The molecule has 1 aromatic heterocycles. The number of nitriles is 1. The molecule has 0 aliphatic carbocycles. The highest BCUT2D eigenvalue weighted by Gasteiger charge is 2.17. The molecule has 0 saturated heterocycles. The minimum absolute atomic E-state index is 0.289. The van der Waals surface area contributed by atoms with Crippen LogP contribution in [-0.4, -0.2) is 14.2 Å². The Balaban J connectivity index is 2.85. The van der Waals surface area contributed by atoms with Crippen molar-refractivity contribution in [3.63, 3.8) is 0 Å². The number of nitrogens with zero attached hydrogens (tertiary/aromatic N) is 1. The zero-order valence-corrected chi connectivity index (χ0v) is 11.1. The van der Waals surface area contributed by atoms with Crippen molar-refractivity contribution in [2.45, 2.75) is 26.8 Å². The Kier molecular flexibility index (Phi) is 4.08. The first-order chi connectivity index (χ1) is 7.35. The zero-order chi connectivity index (χ0) is 12.3. The number of thiophene rings is 1. The minimum Gasteiger partial charge on any atom is -0.211 e. The normalized spacial score (nSPS) is 13.4. The summed E-state index contributed by atoms with van der Waals surface area (Å²) in [5.41, 5.74) is 0.976. The molecule has 4 nitrogen and oxygen atoms in total. The zero-order valence-electron chi connectivity index (χ0n) is 9.44. The third kappa shape index (κ3) is 3.30. The number of hydrogen-bond acceptors (Lipinski definition) is 4. The molecule has 1 unspecified atom stereocenters. The number of rotatable bonds is 4. The van der Waals surface area contributed by atoms with Crippen LogP contribution in [0.1, 0.15) is 28.3 Å². The summed E-state index contributed by atoms with van der Waals surface area (Å²) in [7, 11) is -3.49. The van der Waals surface area contributed by atoms with Gasteiger partial charge in [0.1, 0.15) is 0 Å². The van der Waals surface area contributed by atoms with Crippen LogP contribution in [0.5, 0.6) is 0 Å². The molecule has 0 bridgehead atoms. The third-order valence-corrected chi connectivity index (χ3v) is 4.36. The fraction of sp³-hybridized carbons (Fsp3) is 0.500. The quantitative estimate of drug-likeness (QED) is 0.896. The standard InChI is InChI=1S/C10H14N2O2S2/c1-7-6-10(9(3)15-7)8(2)12-16(13,14)5-4-11/h6,8,12H,5H2,1-3H3. The van der Waals surface area contributed by atoms with Crippen LogP contribution >= 0.6 is 11.3 Å². The van der Waals surface area contributed by atoms with Gasteiger partial charge in [-0.25, -0.2) is 13.1 Å². The van der Waals surface area contributed by atoms with E-state index in [0.29, 0.717) is 0 Å². The topological polar surface area (TPSA) is 70.0 Å². The summed E-state index contributed by atoms with van der Waals surface area (Å²) in [4.78, 5) is 2.25. The van der Waals surface area contributed by atoms with Crippen molar-refractivity contribution in [3.8, 4) is 6.07 Å². The smallest absolute Gasteiger partial charge is 0.211 e. The Morgan fingerprint density at radius 1 is 1.56 bits per heavy atom. The molecule has 1 heterocycles. The second-order valence-electron chi connectivity index (χ2n) is 3.63. The van der Waals surface area contributed by atoms with Crippen LogP contribution in [0.15, 0.2) is 6.07 Å². The van der Waals surface area contributed by atoms with Crippen molar-refractivity contribution in [2.24, 2.45) is 0 Å². The Bertz CT molecular complexity index is 511. The van der Waals surface area contributed by atoms with Gasteiger partial charge in [-0.2, -0.15) is 5.26 Å². The molecule has 0 saturated carbocycles. The molecule has 0 fully saturated rings. The number of sulfonamides is 1. The summed E-state index contributed by atoms with van der Waals surface area (Å²) in [5.74, 6) is -0.500. The van der Waals surface area contributed by atoms with E-state index in [9.17, 15) is 8.42 Å². The van der Waals surface area contributed by atoms with Crippen LogP contribution in [0.2, 0.25) is 0 Å². The summed E-state index contributed by atoms with van der Waals surface area (Å²) in [6.45, 7) is 5.73. The van der Waals surface area contributed by atoms with Crippen LogP contribution < -0.4 is 4.72 Å². The van der Waals surface area contributed by atoms with Crippen LogP contribution in [0, 0.1) is 25.2 Å². The lowest BCUT2D eigenvalue weighted by Gasteiger charge is -2.12. The van der Waals surface area contributed by atoms with E-state index in [1.165, 1.54) is 0 Å². The van der Waals surface area contributed by atoms with E-state index in [1.807, 2.05) is 19.9 Å². The largest absolute Gasteiger partial charge is 0.225 e. The van der Waals surface area contributed by atoms with Crippen LogP contribution in [0.3, 0.4) is 0 Å². The fourth-order valence-corrected chi connectivity index (χ4v) is 3.48. The van der Waals surface area contributed by atoms with Gasteiger partial charge in [0.2, 0.25) is 10.0 Å². The Labute approximate surface area is 100.0 Å². The lowest BCUT2D eigenvalue weighted by atomic mass is 10.1. The maximum Gasteiger partial charge on any atom is 0.225 e. The lowest BCUT2D eigenvalue weighted by molar-refractivity contribution is 0.570. The predicted octanol–water partition coefficient (Wildman–Crippen LogP) is 1.87. The number of nitrogens with one attached hydrogen (secondary N) is 1. The molecule has 0 aliphatic heterocycles. The molecule has 16 heavy (non-hydrogen) atoms. The maximum absolute atomic E-state index is 11.4. The van der Waals surface area contributed by atoms with Gasteiger partial charge in [-0.15, -0.1) is 11.3 Å². The van der Waals surface area contributed by atoms with Gasteiger partial charge >= 0.3 is 0 Å². The van der Waals surface area contributed by atoms with Crippen LogP contribution in [0.4, 0.5) is 0 Å². The van der Waals surface area contributed by atoms with Gasteiger partial charge in [-0.05, 0) is 32.4 Å². The Morgan fingerprint density at radius 3 is 2.62 bits per heavy atom. The van der Waals surface area contributed by atoms with Gasteiger partial charge in [0, 0.05) is 15.8 Å². The van der Waals surface area contributed by atoms with E-state index >= 15 is 0 Å². The minimum atomic E-state index is -3.49. The van der Waals surface area contributed by atoms with Gasteiger partial charge in [0.25, 0.3) is 0 Å². The highest BCUT2D eigenvalue weighted by Crippen LogP contribution is 2.26. The summed E-state index contributed by atoms with van der Waals surface area (Å²) in [6, 6.07) is 3.32. The Hall–Kier alpha value is -0.900. The molecule has 1 N–H and O–H groups in total. The molecule has 0 aromatic carbocycles. The van der Waals surface area contributed by atoms with E-state index in [1.54, 1.807) is 24.3 Å². The van der Waals surface area contributed by atoms with E-state index in [0.717, 1.165) is 15.3 Å².